The smallest absolute Gasteiger partial charge is 0.326 e. The Labute approximate surface area is 108 Å². The summed E-state index contributed by atoms with van der Waals surface area (Å²) in [4.78, 5) is 22.5. The van der Waals surface area contributed by atoms with Crippen molar-refractivity contribution < 1.29 is 14.7 Å². The van der Waals surface area contributed by atoms with Crippen LogP contribution in [0.1, 0.15) is 45.4 Å². The Morgan fingerprint density at radius 1 is 1.22 bits per heavy atom. The predicted octanol–water partition coefficient (Wildman–Crippen LogP) is 0.202. The Kier molecular flexibility index (Phi) is 9.22. The number of carbonyl (C=O) groups is 2. The summed E-state index contributed by atoms with van der Waals surface area (Å²) in [6.07, 6.45) is 3.66. The van der Waals surface area contributed by atoms with Gasteiger partial charge in [0.25, 0.3) is 0 Å². The van der Waals surface area contributed by atoms with Crippen LogP contribution < -0.4 is 16.8 Å². The average Bonchev–Trinajstić information content (AvgIpc) is 2.27. The second kappa shape index (κ2) is 9.85. The minimum atomic E-state index is -0.993. The van der Waals surface area contributed by atoms with Gasteiger partial charge in [-0.2, -0.15) is 0 Å². The number of carboxylic acids is 1. The lowest BCUT2D eigenvalue weighted by Gasteiger charge is -2.14. The molecular weight excluding hydrogens is 234 g/mol. The van der Waals surface area contributed by atoms with E-state index in [2.05, 4.69) is 5.32 Å². The zero-order valence-electron chi connectivity index (χ0n) is 11.0. The molecule has 1 unspecified atom stereocenters. The monoisotopic (exact) mass is 259 g/mol. The molecule has 2 atom stereocenters. The van der Waals surface area contributed by atoms with Gasteiger partial charge in [0.1, 0.15) is 6.04 Å². The van der Waals surface area contributed by atoms with Crippen LogP contribution in [-0.2, 0) is 9.59 Å². The Hall–Kier alpha value is -1.14. The summed E-state index contributed by atoms with van der Waals surface area (Å²) in [5.74, 6) is -1.22. The molecule has 0 bridgehead atoms. The number of nitrogens with one attached hydrogen (secondary N) is 1. The molecule has 18 heavy (non-hydrogen) atoms. The van der Waals surface area contributed by atoms with Gasteiger partial charge in [0, 0.05) is 12.5 Å². The Bertz CT molecular complexity index is 257. The molecule has 6 heteroatoms. The second-order valence-corrected chi connectivity index (χ2v) is 4.61. The van der Waals surface area contributed by atoms with Crippen LogP contribution in [0.25, 0.3) is 0 Å². The molecule has 0 rings (SSSR count). The quantitative estimate of drug-likeness (QED) is 0.418. The van der Waals surface area contributed by atoms with Gasteiger partial charge in [-0.25, -0.2) is 4.79 Å². The summed E-state index contributed by atoms with van der Waals surface area (Å²) in [7, 11) is 0. The van der Waals surface area contributed by atoms with Crippen molar-refractivity contribution in [1.29, 1.82) is 0 Å². The zero-order valence-corrected chi connectivity index (χ0v) is 11.0. The number of amides is 1. The number of carbonyl (C=O) groups excluding carboxylic acids is 1. The summed E-state index contributed by atoms with van der Waals surface area (Å²) >= 11 is 0. The highest BCUT2D eigenvalue weighted by Gasteiger charge is 2.18. The predicted molar refractivity (Wildman–Crippen MR) is 70.0 cm³/mol. The van der Waals surface area contributed by atoms with E-state index in [1.807, 2.05) is 6.92 Å². The van der Waals surface area contributed by atoms with Crippen LogP contribution in [0.2, 0.25) is 0 Å². The summed E-state index contributed by atoms with van der Waals surface area (Å²) in [5.41, 5.74) is 10.9. The highest BCUT2D eigenvalue weighted by Crippen LogP contribution is 2.03. The largest absolute Gasteiger partial charge is 0.480 e. The number of rotatable bonds is 10. The van der Waals surface area contributed by atoms with Crippen LogP contribution in [-0.4, -0.2) is 35.6 Å². The van der Waals surface area contributed by atoms with Crippen molar-refractivity contribution >= 4 is 11.9 Å². The minimum absolute atomic E-state index is 0.0672. The normalized spacial score (nSPS) is 13.9. The third-order valence-electron chi connectivity index (χ3n) is 2.64. The molecule has 0 fully saturated rings. The molecule has 0 radical (unpaired) electrons. The van der Waals surface area contributed by atoms with E-state index in [-0.39, 0.29) is 11.9 Å². The first-order chi connectivity index (χ1) is 8.47. The first-order valence-electron chi connectivity index (χ1n) is 6.45. The van der Waals surface area contributed by atoms with Gasteiger partial charge in [-0.3, -0.25) is 4.79 Å². The van der Waals surface area contributed by atoms with Crippen molar-refractivity contribution in [3.05, 3.63) is 0 Å². The number of hydrogen-bond donors (Lipinski definition) is 4. The van der Waals surface area contributed by atoms with Crippen LogP contribution >= 0.6 is 0 Å². The lowest BCUT2D eigenvalue weighted by Crippen LogP contribution is -2.40. The number of hydrogen-bond acceptors (Lipinski definition) is 4. The molecule has 0 aromatic rings. The Balaban J connectivity index is 3.92. The number of aliphatic carboxylic acids is 1. The molecule has 0 heterocycles. The first kappa shape index (κ1) is 16.9. The minimum Gasteiger partial charge on any atom is -0.480 e. The molecule has 0 saturated carbocycles. The highest BCUT2D eigenvalue weighted by atomic mass is 16.4. The maximum absolute atomic E-state index is 11.5. The van der Waals surface area contributed by atoms with Gasteiger partial charge in [0.05, 0.1) is 0 Å². The lowest BCUT2D eigenvalue weighted by molar-refractivity contribution is -0.142. The third-order valence-corrected chi connectivity index (χ3v) is 2.64. The van der Waals surface area contributed by atoms with Gasteiger partial charge >= 0.3 is 5.97 Å². The standard InChI is InChI=1S/C12H25N3O3/c1-9(14)5-4-7-11(16)15-10(12(17)18)6-2-3-8-13/h9-10H,2-8,13-14H2,1H3,(H,15,16)(H,17,18)/t9?,10-/m0/s1. The first-order valence-corrected chi connectivity index (χ1v) is 6.45. The van der Waals surface area contributed by atoms with Gasteiger partial charge in [-0.15, -0.1) is 0 Å². The maximum atomic E-state index is 11.5. The molecule has 0 aliphatic carbocycles. The van der Waals surface area contributed by atoms with Gasteiger partial charge < -0.3 is 21.9 Å². The molecule has 106 valence electrons. The van der Waals surface area contributed by atoms with Gasteiger partial charge in [0.15, 0.2) is 0 Å². The van der Waals surface area contributed by atoms with E-state index in [1.165, 1.54) is 0 Å². The van der Waals surface area contributed by atoms with Gasteiger partial charge in [-0.1, -0.05) is 0 Å². The third kappa shape index (κ3) is 8.95. The zero-order chi connectivity index (χ0) is 14.0. The van der Waals surface area contributed by atoms with E-state index in [0.717, 1.165) is 12.8 Å². The molecule has 6 N–H and O–H groups in total. The Morgan fingerprint density at radius 3 is 2.39 bits per heavy atom. The number of unbranched alkanes of at least 4 members (excludes halogenated alkanes) is 1. The van der Waals surface area contributed by atoms with E-state index in [4.69, 9.17) is 16.6 Å². The fraction of sp³-hybridized carbons (Fsp3) is 0.833. The van der Waals surface area contributed by atoms with Crippen molar-refractivity contribution in [1.82, 2.24) is 5.32 Å². The van der Waals surface area contributed by atoms with E-state index < -0.39 is 12.0 Å². The fourth-order valence-corrected chi connectivity index (χ4v) is 1.60. The summed E-state index contributed by atoms with van der Waals surface area (Å²) in [6.45, 7) is 2.42. The van der Waals surface area contributed by atoms with Gasteiger partial charge in [-0.05, 0) is 45.6 Å². The van der Waals surface area contributed by atoms with Crippen molar-refractivity contribution in [2.24, 2.45) is 11.5 Å². The average molecular weight is 259 g/mol. The fourth-order valence-electron chi connectivity index (χ4n) is 1.60. The van der Waals surface area contributed by atoms with E-state index in [1.54, 1.807) is 0 Å². The molecule has 0 aliphatic heterocycles. The van der Waals surface area contributed by atoms with E-state index in [0.29, 0.717) is 32.2 Å². The molecule has 0 aromatic heterocycles. The van der Waals surface area contributed by atoms with Crippen LogP contribution in [0.15, 0.2) is 0 Å². The maximum Gasteiger partial charge on any atom is 0.326 e. The van der Waals surface area contributed by atoms with E-state index >= 15 is 0 Å². The SMILES string of the molecule is CC(N)CCCC(=O)N[C@@H](CCCCN)C(=O)O. The molecule has 0 spiro atoms. The number of carboxylic acid groups (broad SMARTS) is 1. The van der Waals surface area contributed by atoms with Crippen LogP contribution in [0, 0.1) is 0 Å². The summed E-state index contributed by atoms with van der Waals surface area (Å²) in [5, 5.41) is 11.5. The molecule has 0 aromatic carbocycles. The number of nitrogens with two attached hydrogens (primary N) is 2. The lowest BCUT2D eigenvalue weighted by atomic mass is 10.1. The molecule has 0 saturated heterocycles. The summed E-state index contributed by atoms with van der Waals surface area (Å²) in [6, 6.07) is -0.739. The highest BCUT2D eigenvalue weighted by molar-refractivity contribution is 5.83. The summed E-state index contributed by atoms with van der Waals surface area (Å²) < 4.78 is 0. The second-order valence-electron chi connectivity index (χ2n) is 4.61. The van der Waals surface area contributed by atoms with Crippen molar-refractivity contribution in [3.8, 4) is 0 Å². The molecular formula is C12H25N3O3. The van der Waals surface area contributed by atoms with E-state index in [9.17, 15) is 9.59 Å². The molecule has 1 amide bonds. The van der Waals surface area contributed by atoms with Gasteiger partial charge in [0.2, 0.25) is 5.91 Å². The van der Waals surface area contributed by atoms with Crippen LogP contribution in [0.4, 0.5) is 0 Å². The molecule has 0 aliphatic rings. The van der Waals surface area contributed by atoms with Crippen molar-refractivity contribution in [3.63, 3.8) is 0 Å². The van der Waals surface area contributed by atoms with Crippen molar-refractivity contribution in [2.75, 3.05) is 6.54 Å². The topological polar surface area (TPSA) is 118 Å². The molecule has 6 nitrogen and oxygen atoms in total. The van der Waals surface area contributed by atoms with Crippen molar-refractivity contribution in [2.45, 2.75) is 57.5 Å². The van der Waals surface area contributed by atoms with Crippen LogP contribution in [0.5, 0.6) is 0 Å². The Morgan fingerprint density at radius 2 is 1.89 bits per heavy atom. The van der Waals surface area contributed by atoms with Crippen LogP contribution in [0.3, 0.4) is 0 Å².